The van der Waals surface area contributed by atoms with Crippen molar-refractivity contribution in [2.75, 3.05) is 27.3 Å². The highest BCUT2D eigenvalue weighted by Gasteiger charge is 2.57. The van der Waals surface area contributed by atoms with Crippen molar-refractivity contribution in [2.45, 2.75) is 24.7 Å². The lowest BCUT2D eigenvalue weighted by atomic mass is 9.85. The average Bonchev–Trinajstić information content (AvgIpc) is 2.94. The zero-order chi connectivity index (χ0) is 20.5. The molecule has 3 rings (SSSR count). The van der Waals surface area contributed by atoms with Crippen molar-refractivity contribution in [3.05, 3.63) is 42.0 Å². The summed E-state index contributed by atoms with van der Waals surface area (Å²) in [6.45, 7) is 2.38. The maximum absolute atomic E-state index is 13.1. The minimum atomic E-state index is -3.68. The van der Waals surface area contributed by atoms with Crippen LogP contribution >= 0.6 is 0 Å². The van der Waals surface area contributed by atoms with Crippen molar-refractivity contribution in [3.63, 3.8) is 0 Å². The molecule has 0 aromatic heterocycles. The second-order valence-corrected chi connectivity index (χ2v) is 9.40. The van der Waals surface area contributed by atoms with Gasteiger partial charge in [-0.15, -0.1) is 0 Å². The average molecular weight is 407 g/mol. The number of carbonyl (C=O) groups excluding carboxylic acids is 2. The molecule has 1 heterocycles. The second kappa shape index (κ2) is 7.67. The van der Waals surface area contributed by atoms with Gasteiger partial charge in [0.1, 0.15) is 0 Å². The fraction of sp³-hybridized carbons (Fsp3) is 0.500. The first-order valence-electron chi connectivity index (χ1n) is 9.15. The Kier molecular flexibility index (Phi) is 5.63. The van der Waals surface area contributed by atoms with Crippen molar-refractivity contribution in [3.8, 4) is 0 Å². The molecule has 2 atom stereocenters. The third kappa shape index (κ3) is 3.46. The van der Waals surface area contributed by atoms with Gasteiger partial charge in [0, 0.05) is 13.1 Å². The Morgan fingerprint density at radius 1 is 1.07 bits per heavy atom. The fourth-order valence-electron chi connectivity index (χ4n) is 4.23. The lowest BCUT2D eigenvalue weighted by Gasteiger charge is -2.26. The molecule has 1 aromatic carbocycles. The van der Waals surface area contributed by atoms with Crippen molar-refractivity contribution < 1.29 is 27.5 Å². The largest absolute Gasteiger partial charge is 0.468 e. The van der Waals surface area contributed by atoms with Crippen molar-refractivity contribution in [1.82, 2.24) is 4.31 Å². The molecule has 0 N–H and O–H groups in total. The molecule has 1 aliphatic carbocycles. The van der Waals surface area contributed by atoms with E-state index in [1.165, 1.54) is 18.5 Å². The third-order valence-electron chi connectivity index (χ3n) is 5.74. The summed E-state index contributed by atoms with van der Waals surface area (Å²) < 4.78 is 37.3. The lowest BCUT2D eigenvalue weighted by molar-refractivity contribution is -0.169. The number of hydrogen-bond acceptors (Lipinski definition) is 6. The molecule has 1 aliphatic heterocycles. The molecule has 0 amide bonds. The monoisotopic (exact) mass is 407 g/mol. The van der Waals surface area contributed by atoms with E-state index < -0.39 is 27.4 Å². The van der Waals surface area contributed by atoms with Crippen molar-refractivity contribution in [1.29, 1.82) is 0 Å². The number of ether oxygens (including phenoxy) is 2. The number of benzene rings is 1. The number of hydrogen-bond donors (Lipinski definition) is 0. The van der Waals surface area contributed by atoms with E-state index in [4.69, 9.17) is 9.47 Å². The number of allylic oxidation sites excluding steroid dienone is 1. The summed E-state index contributed by atoms with van der Waals surface area (Å²) in [6.07, 6.45) is 4.15. The summed E-state index contributed by atoms with van der Waals surface area (Å²) in [7, 11) is -1.20. The van der Waals surface area contributed by atoms with Crippen LogP contribution in [-0.4, -0.2) is 52.0 Å². The number of rotatable bonds is 4. The van der Waals surface area contributed by atoms with Gasteiger partial charge in [-0.1, -0.05) is 29.8 Å². The summed E-state index contributed by atoms with van der Waals surface area (Å²) in [5.41, 5.74) is -0.411. The summed E-state index contributed by atoms with van der Waals surface area (Å²) in [6, 6.07) is 6.72. The standard InChI is InChI=1S/C20H25NO6S/c1-14-6-8-17(9-7-14)28(24,25)21-10-4-5-15-11-20(18(22)26-2,19(23)27-3)12-16(15)13-21/h4-9,15-16H,10-13H2,1-3H3. The molecule has 1 aromatic rings. The van der Waals surface area contributed by atoms with Gasteiger partial charge in [0.25, 0.3) is 0 Å². The number of esters is 2. The van der Waals surface area contributed by atoms with Crippen molar-refractivity contribution in [2.24, 2.45) is 17.3 Å². The number of methoxy groups -OCH3 is 2. The molecular formula is C20H25NO6S. The predicted octanol–water partition coefficient (Wildman–Crippen LogP) is 1.91. The molecule has 8 heteroatoms. The SMILES string of the molecule is COC(=O)C1(C(=O)OC)CC2C=CCN(S(=O)(=O)c3ccc(C)cc3)CC2C1. The Morgan fingerprint density at radius 3 is 2.25 bits per heavy atom. The molecular weight excluding hydrogens is 382 g/mol. The zero-order valence-electron chi connectivity index (χ0n) is 16.3. The molecule has 1 fully saturated rings. The molecule has 28 heavy (non-hydrogen) atoms. The van der Waals surface area contributed by atoms with E-state index in [-0.39, 0.29) is 42.7 Å². The fourth-order valence-corrected chi connectivity index (χ4v) is 5.68. The number of carbonyl (C=O) groups is 2. The number of nitrogens with zero attached hydrogens (tertiary/aromatic N) is 1. The van der Waals surface area contributed by atoms with Crippen LogP contribution in [0.15, 0.2) is 41.3 Å². The van der Waals surface area contributed by atoms with Gasteiger partial charge in [0.05, 0.1) is 19.1 Å². The van der Waals surface area contributed by atoms with Crippen LogP contribution in [0, 0.1) is 24.2 Å². The van der Waals surface area contributed by atoms with Crippen LogP contribution in [0.5, 0.6) is 0 Å². The normalized spacial score (nSPS) is 24.2. The number of aryl methyl sites for hydroxylation is 1. The molecule has 7 nitrogen and oxygen atoms in total. The van der Waals surface area contributed by atoms with Gasteiger partial charge in [0.2, 0.25) is 10.0 Å². The van der Waals surface area contributed by atoms with Crippen LogP contribution < -0.4 is 0 Å². The van der Waals surface area contributed by atoms with E-state index in [9.17, 15) is 18.0 Å². The van der Waals surface area contributed by atoms with Crippen LogP contribution in [0.4, 0.5) is 0 Å². The highest BCUT2D eigenvalue weighted by molar-refractivity contribution is 7.89. The molecule has 152 valence electrons. The molecule has 0 radical (unpaired) electrons. The Hall–Kier alpha value is -2.19. The van der Waals surface area contributed by atoms with Gasteiger partial charge in [-0.3, -0.25) is 9.59 Å². The summed E-state index contributed by atoms with van der Waals surface area (Å²) in [4.78, 5) is 25.1. The van der Waals surface area contributed by atoms with E-state index in [1.54, 1.807) is 30.3 Å². The van der Waals surface area contributed by atoms with E-state index in [0.717, 1.165) is 5.56 Å². The quantitative estimate of drug-likeness (QED) is 0.430. The van der Waals surface area contributed by atoms with Gasteiger partial charge in [-0.25, -0.2) is 8.42 Å². The first kappa shape index (κ1) is 20.5. The summed E-state index contributed by atoms with van der Waals surface area (Å²) in [5, 5.41) is 0. The Morgan fingerprint density at radius 2 is 1.68 bits per heavy atom. The number of sulfonamides is 1. The molecule has 2 unspecified atom stereocenters. The van der Waals surface area contributed by atoms with Crippen LogP contribution in [0.25, 0.3) is 0 Å². The highest BCUT2D eigenvalue weighted by Crippen LogP contribution is 2.49. The molecule has 0 spiro atoms. The van der Waals surface area contributed by atoms with Gasteiger partial charge >= 0.3 is 11.9 Å². The minimum absolute atomic E-state index is 0.101. The van der Waals surface area contributed by atoms with Gasteiger partial charge < -0.3 is 9.47 Å². The van der Waals surface area contributed by atoms with Crippen LogP contribution in [0.2, 0.25) is 0 Å². The highest BCUT2D eigenvalue weighted by atomic mass is 32.2. The maximum Gasteiger partial charge on any atom is 0.323 e. The van der Waals surface area contributed by atoms with Crippen LogP contribution in [0.1, 0.15) is 18.4 Å². The van der Waals surface area contributed by atoms with Crippen LogP contribution in [0.3, 0.4) is 0 Å². The van der Waals surface area contributed by atoms with Crippen LogP contribution in [-0.2, 0) is 29.1 Å². The second-order valence-electron chi connectivity index (χ2n) is 7.46. The maximum atomic E-state index is 13.1. The third-order valence-corrected chi connectivity index (χ3v) is 7.59. The molecule has 1 saturated carbocycles. The minimum Gasteiger partial charge on any atom is -0.468 e. The first-order valence-corrected chi connectivity index (χ1v) is 10.6. The van der Waals surface area contributed by atoms with E-state index in [0.29, 0.717) is 0 Å². The Labute approximate surface area is 165 Å². The molecule has 2 aliphatic rings. The Bertz CT molecular complexity index is 874. The number of fused-ring (bicyclic) bond motifs is 1. The zero-order valence-corrected chi connectivity index (χ0v) is 17.1. The molecule has 0 bridgehead atoms. The van der Waals surface area contributed by atoms with Crippen molar-refractivity contribution >= 4 is 22.0 Å². The van der Waals surface area contributed by atoms with Gasteiger partial charge in [-0.05, 0) is 43.7 Å². The van der Waals surface area contributed by atoms with Gasteiger partial charge in [0.15, 0.2) is 5.41 Å². The van der Waals surface area contributed by atoms with E-state index in [2.05, 4.69) is 0 Å². The summed E-state index contributed by atoms with van der Waals surface area (Å²) >= 11 is 0. The van der Waals surface area contributed by atoms with E-state index >= 15 is 0 Å². The predicted molar refractivity (Wildman–Crippen MR) is 102 cm³/mol. The first-order chi connectivity index (χ1) is 13.2. The summed E-state index contributed by atoms with van der Waals surface area (Å²) in [5.74, 6) is -1.55. The van der Waals surface area contributed by atoms with Gasteiger partial charge in [-0.2, -0.15) is 4.31 Å². The Balaban J connectivity index is 1.89. The topological polar surface area (TPSA) is 90.0 Å². The molecule has 0 saturated heterocycles. The smallest absolute Gasteiger partial charge is 0.323 e. The van der Waals surface area contributed by atoms with E-state index in [1.807, 2.05) is 13.0 Å². The lowest BCUT2D eigenvalue weighted by Crippen LogP contribution is -2.40.